The third-order valence-electron chi connectivity index (χ3n) is 2.69. The van der Waals surface area contributed by atoms with Crippen molar-refractivity contribution in [2.75, 3.05) is 6.54 Å². The number of benzene rings is 2. The molecule has 0 atom stereocenters. The Bertz CT molecular complexity index is 604. The lowest BCUT2D eigenvalue weighted by molar-refractivity contribution is 0.435. The van der Waals surface area contributed by atoms with Gasteiger partial charge in [0.1, 0.15) is 11.6 Å². The molecule has 0 radical (unpaired) electrons. The lowest BCUT2D eigenvalue weighted by Gasteiger charge is -2.10. The van der Waals surface area contributed by atoms with Crippen molar-refractivity contribution in [3.8, 4) is 11.5 Å². The summed E-state index contributed by atoms with van der Waals surface area (Å²) >= 11 is 3.24. The molecule has 0 spiro atoms. The molecule has 0 bridgehead atoms. The first-order valence-electron chi connectivity index (χ1n) is 6.22. The maximum atomic E-state index is 13.9. The molecule has 0 saturated heterocycles. The summed E-state index contributed by atoms with van der Waals surface area (Å²) in [5.41, 5.74) is 0.829. The quantitative estimate of drug-likeness (QED) is 0.856. The maximum absolute atomic E-state index is 13.9. The zero-order chi connectivity index (χ0) is 14.5. The molecule has 0 amide bonds. The number of hydrogen-bond acceptors (Lipinski definition) is 2. The minimum Gasteiger partial charge on any atom is -0.453 e. The molecule has 1 N–H and O–H groups in total. The molecule has 0 aromatic heterocycles. The van der Waals surface area contributed by atoms with Crippen LogP contribution < -0.4 is 10.1 Å². The van der Waals surface area contributed by atoms with Gasteiger partial charge < -0.3 is 10.1 Å². The van der Waals surface area contributed by atoms with Crippen molar-refractivity contribution >= 4 is 15.9 Å². The Morgan fingerprint density at radius 3 is 2.60 bits per heavy atom. The highest BCUT2D eigenvalue weighted by Crippen LogP contribution is 2.31. The first-order valence-corrected chi connectivity index (χ1v) is 7.01. The fourth-order valence-corrected chi connectivity index (χ4v) is 2.01. The van der Waals surface area contributed by atoms with Gasteiger partial charge in [-0.3, -0.25) is 0 Å². The molecular formula is C15H14BrF2NO. The van der Waals surface area contributed by atoms with Gasteiger partial charge in [0.25, 0.3) is 0 Å². The van der Waals surface area contributed by atoms with E-state index in [0.717, 1.165) is 12.1 Å². The topological polar surface area (TPSA) is 21.3 Å². The summed E-state index contributed by atoms with van der Waals surface area (Å²) in [4.78, 5) is 0. The van der Waals surface area contributed by atoms with E-state index >= 15 is 0 Å². The highest BCUT2D eigenvalue weighted by Gasteiger charge is 2.09. The van der Waals surface area contributed by atoms with E-state index in [2.05, 4.69) is 21.2 Å². The van der Waals surface area contributed by atoms with Gasteiger partial charge in [-0.25, -0.2) is 8.78 Å². The van der Waals surface area contributed by atoms with Crippen LogP contribution in [0, 0.1) is 11.6 Å². The molecule has 5 heteroatoms. The standard InChI is InChI=1S/C15H14BrF2NO/c1-2-19-9-10-3-6-14(13(18)7-10)20-15-8-11(17)4-5-12(15)16/h3-8,19H,2,9H2,1H3. The molecule has 2 aromatic carbocycles. The Morgan fingerprint density at radius 2 is 1.90 bits per heavy atom. The van der Waals surface area contributed by atoms with E-state index < -0.39 is 11.6 Å². The van der Waals surface area contributed by atoms with Crippen molar-refractivity contribution in [3.05, 3.63) is 58.1 Å². The number of halogens is 3. The molecular weight excluding hydrogens is 328 g/mol. The molecule has 106 valence electrons. The normalized spacial score (nSPS) is 10.6. The molecule has 0 aliphatic rings. The highest BCUT2D eigenvalue weighted by atomic mass is 79.9. The molecule has 2 nitrogen and oxygen atoms in total. The van der Waals surface area contributed by atoms with Crippen molar-refractivity contribution < 1.29 is 13.5 Å². The Morgan fingerprint density at radius 1 is 1.10 bits per heavy atom. The van der Waals surface area contributed by atoms with Crippen molar-refractivity contribution in [3.63, 3.8) is 0 Å². The smallest absolute Gasteiger partial charge is 0.166 e. The molecule has 0 aliphatic carbocycles. The predicted molar refractivity (Wildman–Crippen MR) is 78.0 cm³/mol. The highest BCUT2D eigenvalue weighted by molar-refractivity contribution is 9.10. The number of nitrogens with one attached hydrogen (secondary N) is 1. The third kappa shape index (κ3) is 3.77. The van der Waals surface area contributed by atoms with E-state index in [1.807, 2.05) is 6.92 Å². The van der Waals surface area contributed by atoms with Gasteiger partial charge in [0, 0.05) is 12.6 Å². The Balaban J connectivity index is 2.19. The third-order valence-corrected chi connectivity index (χ3v) is 3.34. The van der Waals surface area contributed by atoms with Gasteiger partial charge in [0.15, 0.2) is 11.6 Å². The Labute approximate surface area is 124 Å². The largest absolute Gasteiger partial charge is 0.453 e. The van der Waals surface area contributed by atoms with Crippen molar-refractivity contribution in [1.82, 2.24) is 5.32 Å². The van der Waals surface area contributed by atoms with E-state index in [0.29, 0.717) is 11.0 Å². The van der Waals surface area contributed by atoms with Crippen LogP contribution in [0.3, 0.4) is 0 Å². The zero-order valence-electron chi connectivity index (χ0n) is 10.9. The molecule has 0 saturated carbocycles. The first-order chi connectivity index (χ1) is 9.60. The lowest BCUT2D eigenvalue weighted by atomic mass is 10.2. The predicted octanol–water partition coefficient (Wildman–Crippen LogP) is 4.63. The SMILES string of the molecule is CCNCc1ccc(Oc2cc(F)ccc2Br)c(F)c1. The van der Waals surface area contributed by atoms with Crippen LogP contribution in [-0.4, -0.2) is 6.54 Å². The number of ether oxygens (including phenoxy) is 1. The minimum absolute atomic E-state index is 0.0662. The van der Waals surface area contributed by atoms with Crippen LogP contribution in [0.4, 0.5) is 8.78 Å². The maximum Gasteiger partial charge on any atom is 0.166 e. The van der Waals surface area contributed by atoms with Gasteiger partial charge in [-0.1, -0.05) is 13.0 Å². The summed E-state index contributed by atoms with van der Waals surface area (Å²) in [6.45, 7) is 3.39. The van der Waals surface area contributed by atoms with Gasteiger partial charge in [0.2, 0.25) is 0 Å². The van der Waals surface area contributed by atoms with Gasteiger partial charge in [-0.15, -0.1) is 0 Å². The molecule has 2 rings (SSSR count). The van der Waals surface area contributed by atoms with Gasteiger partial charge in [-0.05, 0) is 52.3 Å². The molecule has 0 fully saturated rings. The van der Waals surface area contributed by atoms with Crippen molar-refractivity contribution in [2.45, 2.75) is 13.5 Å². The molecule has 2 aromatic rings. The van der Waals surface area contributed by atoms with E-state index in [9.17, 15) is 8.78 Å². The van der Waals surface area contributed by atoms with Crippen LogP contribution in [0.1, 0.15) is 12.5 Å². The van der Waals surface area contributed by atoms with Crippen LogP contribution in [-0.2, 0) is 6.54 Å². The van der Waals surface area contributed by atoms with Crippen molar-refractivity contribution in [1.29, 1.82) is 0 Å². The van der Waals surface area contributed by atoms with Crippen LogP contribution >= 0.6 is 15.9 Å². The van der Waals surface area contributed by atoms with E-state index in [-0.39, 0.29) is 11.5 Å². The zero-order valence-corrected chi connectivity index (χ0v) is 12.5. The second-order valence-corrected chi connectivity index (χ2v) is 5.08. The molecule has 0 heterocycles. The summed E-state index contributed by atoms with van der Waals surface area (Å²) in [7, 11) is 0. The fraction of sp³-hybridized carbons (Fsp3) is 0.200. The van der Waals surface area contributed by atoms with Gasteiger partial charge >= 0.3 is 0 Å². The summed E-state index contributed by atoms with van der Waals surface area (Å²) < 4.78 is 33.0. The summed E-state index contributed by atoms with van der Waals surface area (Å²) in [6, 6.07) is 8.74. The Kier molecular flexibility index (Phi) is 5.09. The number of hydrogen-bond donors (Lipinski definition) is 1. The van der Waals surface area contributed by atoms with Crippen molar-refractivity contribution in [2.24, 2.45) is 0 Å². The first kappa shape index (κ1) is 14.9. The summed E-state index contributed by atoms with van der Waals surface area (Å²) in [5.74, 6) is -0.608. The molecule has 20 heavy (non-hydrogen) atoms. The fourth-order valence-electron chi connectivity index (χ4n) is 1.68. The van der Waals surface area contributed by atoms with Crippen LogP contribution in [0.25, 0.3) is 0 Å². The van der Waals surface area contributed by atoms with Crippen LogP contribution in [0.15, 0.2) is 40.9 Å². The molecule has 0 unspecified atom stereocenters. The Hall–Kier alpha value is -1.46. The molecule has 0 aliphatic heterocycles. The van der Waals surface area contributed by atoms with E-state index in [4.69, 9.17) is 4.74 Å². The van der Waals surface area contributed by atoms with Crippen LogP contribution in [0.5, 0.6) is 11.5 Å². The number of rotatable bonds is 5. The lowest BCUT2D eigenvalue weighted by Crippen LogP contribution is -2.11. The monoisotopic (exact) mass is 341 g/mol. The van der Waals surface area contributed by atoms with Gasteiger partial charge in [0.05, 0.1) is 4.47 Å². The van der Waals surface area contributed by atoms with E-state index in [1.165, 1.54) is 24.3 Å². The van der Waals surface area contributed by atoms with Gasteiger partial charge in [-0.2, -0.15) is 0 Å². The summed E-state index contributed by atoms with van der Waals surface area (Å²) in [5, 5.41) is 3.11. The van der Waals surface area contributed by atoms with Crippen LogP contribution in [0.2, 0.25) is 0 Å². The summed E-state index contributed by atoms with van der Waals surface area (Å²) in [6.07, 6.45) is 0. The average molecular weight is 342 g/mol. The second kappa shape index (κ2) is 6.81. The van der Waals surface area contributed by atoms with E-state index in [1.54, 1.807) is 12.1 Å². The average Bonchev–Trinajstić information content (AvgIpc) is 2.43. The minimum atomic E-state index is -0.475. The second-order valence-electron chi connectivity index (χ2n) is 4.22.